The fourth-order valence-electron chi connectivity index (χ4n) is 1.99. The summed E-state index contributed by atoms with van der Waals surface area (Å²) in [7, 11) is 4.01. The van der Waals surface area contributed by atoms with Gasteiger partial charge in [-0.05, 0) is 40.4 Å². The van der Waals surface area contributed by atoms with E-state index in [4.69, 9.17) is 0 Å². The van der Waals surface area contributed by atoms with E-state index in [9.17, 15) is 9.59 Å². The summed E-state index contributed by atoms with van der Waals surface area (Å²) in [4.78, 5) is 27.4. The van der Waals surface area contributed by atoms with Crippen molar-refractivity contribution in [2.45, 2.75) is 38.8 Å². The van der Waals surface area contributed by atoms with Crippen LogP contribution in [-0.2, 0) is 9.59 Å². The molecule has 1 rings (SSSR count). The Morgan fingerprint density at radius 1 is 1.47 bits per heavy atom. The van der Waals surface area contributed by atoms with Gasteiger partial charge in [-0.15, -0.1) is 0 Å². The number of piperazine rings is 1. The Morgan fingerprint density at radius 3 is 2.65 bits per heavy atom. The van der Waals surface area contributed by atoms with Crippen LogP contribution in [0.1, 0.15) is 26.7 Å². The van der Waals surface area contributed by atoms with Crippen LogP contribution < -0.4 is 5.32 Å². The number of hydrogen-bond acceptors (Lipinski definition) is 3. The molecule has 0 aliphatic carbocycles. The first-order valence-electron chi connectivity index (χ1n) is 6.20. The number of nitrogens with zero attached hydrogens (tertiary/aromatic N) is 2. The molecule has 0 aromatic heterocycles. The lowest BCUT2D eigenvalue weighted by molar-refractivity contribution is -0.146. The molecule has 2 atom stereocenters. The van der Waals surface area contributed by atoms with E-state index in [1.165, 1.54) is 0 Å². The van der Waals surface area contributed by atoms with Gasteiger partial charge in [0.1, 0.15) is 6.04 Å². The summed E-state index contributed by atoms with van der Waals surface area (Å²) in [5.74, 6) is 0.00603. The first kappa shape index (κ1) is 14.0. The Hall–Kier alpha value is -1.10. The monoisotopic (exact) mass is 241 g/mol. The summed E-state index contributed by atoms with van der Waals surface area (Å²) in [6, 6.07) is -0.219. The Morgan fingerprint density at radius 2 is 2.12 bits per heavy atom. The molecule has 1 aliphatic heterocycles. The molecule has 17 heavy (non-hydrogen) atoms. The van der Waals surface area contributed by atoms with Gasteiger partial charge in [0, 0.05) is 6.04 Å². The van der Waals surface area contributed by atoms with Crippen LogP contribution in [-0.4, -0.2) is 60.9 Å². The van der Waals surface area contributed by atoms with Gasteiger partial charge in [-0.25, -0.2) is 0 Å². The van der Waals surface area contributed by atoms with Gasteiger partial charge < -0.3 is 15.1 Å². The van der Waals surface area contributed by atoms with Crippen LogP contribution in [0.25, 0.3) is 0 Å². The summed E-state index contributed by atoms with van der Waals surface area (Å²) in [6.45, 7) is 5.04. The lowest BCUT2D eigenvalue weighted by Gasteiger charge is -2.36. The van der Waals surface area contributed by atoms with Crippen molar-refractivity contribution in [2.24, 2.45) is 0 Å². The van der Waals surface area contributed by atoms with Gasteiger partial charge in [0.15, 0.2) is 0 Å². The maximum atomic E-state index is 12.1. The smallest absolute Gasteiger partial charge is 0.245 e. The van der Waals surface area contributed by atoms with Crippen LogP contribution in [0, 0.1) is 0 Å². The topological polar surface area (TPSA) is 52.7 Å². The SMILES string of the molecule is CCC1NC(=O)CN(C(C)CCN(C)C)C1=O. The maximum Gasteiger partial charge on any atom is 0.245 e. The molecule has 5 nitrogen and oxygen atoms in total. The van der Waals surface area contributed by atoms with Crippen molar-refractivity contribution in [1.82, 2.24) is 15.1 Å². The molecule has 1 saturated heterocycles. The fourth-order valence-corrected chi connectivity index (χ4v) is 1.99. The average molecular weight is 241 g/mol. The van der Waals surface area contributed by atoms with Crippen LogP contribution in [0.2, 0.25) is 0 Å². The number of carbonyl (C=O) groups is 2. The molecule has 0 radical (unpaired) electrons. The van der Waals surface area contributed by atoms with Gasteiger partial charge in [0.2, 0.25) is 11.8 Å². The van der Waals surface area contributed by atoms with Crippen LogP contribution in [0.15, 0.2) is 0 Å². The predicted octanol–water partition coefficient (Wildman–Crippen LogP) is 0.0636. The molecule has 98 valence electrons. The van der Waals surface area contributed by atoms with E-state index < -0.39 is 0 Å². The minimum atomic E-state index is -0.335. The molecule has 0 aromatic carbocycles. The van der Waals surface area contributed by atoms with Crippen molar-refractivity contribution < 1.29 is 9.59 Å². The van der Waals surface area contributed by atoms with Gasteiger partial charge in [-0.1, -0.05) is 6.92 Å². The normalized spacial score (nSPS) is 22.9. The van der Waals surface area contributed by atoms with Crippen molar-refractivity contribution in [3.63, 3.8) is 0 Å². The van der Waals surface area contributed by atoms with E-state index >= 15 is 0 Å². The standard InChI is InChI=1S/C12H23N3O2/c1-5-10-12(17)15(8-11(16)13-10)9(2)6-7-14(3)4/h9-10H,5-8H2,1-4H3,(H,13,16). The third-order valence-corrected chi connectivity index (χ3v) is 3.16. The van der Waals surface area contributed by atoms with Gasteiger partial charge in [-0.2, -0.15) is 0 Å². The van der Waals surface area contributed by atoms with E-state index in [0.29, 0.717) is 6.42 Å². The van der Waals surface area contributed by atoms with Gasteiger partial charge in [-0.3, -0.25) is 9.59 Å². The maximum absolute atomic E-state index is 12.1. The zero-order valence-corrected chi connectivity index (χ0v) is 11.2. The zero-order chi connectivity index (χ0) is 13.0. The van der Waals surface area contributed by atoms with E-state index in [1.807, 2.05) is 27.9 Å². The van der Waals surface area contributed by atoms with Crippen molar-refractivity contribution >= 4 is 11.8 Å². The Bertz CT molecular complexity index is 291. The van der Waals surface area contributed by atoms with E-state index in [2.05, 4.69) is 10.2 Å². The molecule has 0 saturated carbocycles. The number of hydrogen-bond donors (Lipinski definition) is 1. The number of carbonyl (C=O) groups excluding carboxylic acids is 2. The molecule has 1 heterocycles. The minimum Gasteiger partial charge on any atom is -0.343 e. The molecule has 5 heteroatoms. The summed E-state index contributed by atoms with van der Waals surface area (Å²) in [6.07, 6.45) is 1.55. The first-order valence-corrected chi connectivity index (χ1v) is 6.20. The summed E-state index contributed by atoms with van der Waals surface area (Å²) < 4.78 is 0. The molecule has 1 fully saturated rings. The molecule has 2 unspecified atom stereocenters. The van der Waals surface area contributed by atoms with Crippen molar-refractivity contribution in [3.05, 3.63) is 0 Å². The molecule has 0 spiro atoms. The minimum absolute atomic E-state index is 0.0480. The Labute approximate surface area is 103 Å². The lowest BCUT2D eigenvalue weighted by atomic mass is 10.1. The number of rotatable bonds is 5. The van der Waals surface area contributed by atoms with Gasteiger partial charge in [0.25, 0.3) is 0 Å². The van der Waals surface area contributed by atoms with Crippen LogP contribution in [0.3, 0.4) is 0 Å². The van der Waals surface area contributed by atoms with Crippen LogP contribution >= 0.6 is 0 Å². The molecular weight excluding hydrogens is 218 g/mol. The highest BCUT2D eigenvalue weighted by Gasteiger charge is 2.33. The third-order valence-electron chi connectivity index (χ3n) is 3.16. The van der Waals surface area contributed by atoms with Gasteiger partial charge >= 0.3 is 0 Å². The summed E-state index contributed by atoms with van der Waals surface area (Å²) in [5, 5.41) is 2.72. The molecule has 2 amide bonds. The summed E-state index contributed by atoms with van der Waals surface area (Å²) in [5.41, 5.74) is 0. The van der Waals surface area contributed by atoms with E-state index in [1.54, 1.807) is 4.90 Å². The highest BCUT2D eigenvalue weighted by Crippen LogP contribution is 2.12. The zero-order valence-electron chi connectivity index (χ0n) is 11.2. The highest BCUT2D eigenvalue weighted by molar-refractivity contribution is 5.94. The molecule has 0 bridgehead atoms. The fraction of sp³-hybridized carbons (Fsp3) is 0.833. The molecule has 1 aliphatic rings. The van der Waals surface area contributed by atoms with Crippen LogP contribution in [0.5, 0.6) is 0 Å². The molecule has 0 aromatic rings. The van der Waals surface area contributed by atoms with Crippen molar-refractivity contribution in [3.8, 4) is 0 Å². The molecular formula is C12H23N3O2. The van der Waals surface area contributed by atoms with Crippen LogP contribution in [0.4, 0.5) is 0 Å². The third kappa shape index (κ3) is 3.70. The van der Waals surface area contributed by atoms with E-state index in [0.717, 1.165) is 13.0 Å². The summed E-state index contributed by atoms with van der Waals surface area (Å²) >= 11 is 0. The molecule has 1 N–H and O–H groups in total. The predicted molar refractivity (Wildman–Crippen MR) is 66.6 cm³/mol. The largest absolute Gasteiger partial charge is 0.343 e. The highest BCUT2D eigenvalue weighted by atomic mass is 16.2. The number of amides is 2. The second-order valence-corrected chi connectivity index (χ2v) is 4.94. The average Bonchev–Trinajstić information content (AvgIpc) is 2.28. The number of nitrogens with one attached hydrogen (secondary N) is 1. The van der Waals surface area contributed by atoms with Crippen molar-refractivity contribution in [2.75, 3.05) is 27.2 Å². The quantitative estimate of drug-likeness (QED) is 0.741. The second-order valence-electron chi connectivity index (χ2n) is 4.94. The lowest BCUT2D eigenvalue weighted by Crippen LogP contribution is -2.60. The van der Waals surface area contributed by atoms with Gasteiger partial charge in [0.05, 0.1) is 6.54 Å². The van der Waals surface area contributed by atoms with E-state index in [-0.39, 0.29) is 30.4 Å². The van der Waals surface area contributed by atoms with Crippen molar-refractivity contribution in [1.29, 1.82) is 0 Å². The Kier molecular flexibility index (Phi) is 4.93. The second kappa shape index (κ2) is 6.00. The first-order chi connectivity index (χ1) is 7.95. The Balaban J connectivity index is 2.61.